The van der Waals surface area contributed by atoms with Crippen LogP contribution >= 0.6 is 0 Å². The number of hydrogen-bond acceptors (Lipinski definition) is 1. The fourth-order valence-corrected chi connectivity index (χ4v) is 0.857. The van der Waals surface area contributed by atoms with Gasteiger partial charge in [0.1, 0.15) is 0 Å². The maximum Gasteiger partial charge on any atom is 0.0981 e. The highest BCUT2D eigenvalue weighted by Crippen LogP contribution is 1.96. The zero-order chi connectivity index (χ0) is 8.85. The summed E-state index contributed by atoms with van der Waals surface area (Å²) in [5.74, 6) is 1.86. The van der Waals surface area contributed by atoms with Gasteiger partial charge in [0, 0.05) is 27.1 Å². The maximum atomic E-state index is 4.48. The van der Waals surface area contributed by atoms with E-state index in [1.165, 1.54) is 5.84 Å². The molecule has 0 aromatic rings. The van der Waals surface area contributed by atoms with E-state index in [0.717, 1.165) is 13.0 Å². The van der Waals surface area contributed by atoms with Crippen LogP contribution in [0.25, 0.3) is 0 Å². The molecule has 0 aliphatic heterocycles. The van der Waals surface area contributed by atoms with E-state index >= 15 is 0 Å². The van der Waals surface area contributed by atoms with Crippen molar-refractivity contribution in [3.63, 3.8) is 0 Å². The average molecular weight is 156 g/mol. The van der Waals surface area contributed by atoms with Crippen molar-refractivity contribution in [2.75, 3.05) is 20.6 Å². The summed E-state index contributed by atoms with van der Waals surface area (Å²) in [6, 6.07) is 0. The summed E-state index contributed by atoms with van der Waals surface area (Å²) in [6.07, 6.45) is 1.03. The molecule has 0 spiro atoms. The molecule has 0 aliphatic carbocycles. The largest absolute Gasteiger partial charge is 0.367 e. The molecule has 0 unspecified atom stereocenters. The van der Waals surface area contributed by atoms with Crippen LogP contribution in [0.1, 0.15) is 27.2 Å². The second-order valence-corrected chi connectivity index (χ2v) is 3.40. The minimum absolute atomic E-state index is 0.663. The Kier molecular flexibility index (Phi) is 4.92. The molecule has 0 N–H and O–H groups in total. The lowest BCUT2D eigenvalue weighted by Gasteiger charge is -2.14. The standard InChI is InChI=1S/C9H20N2/c1-6-9(11(4)5)10-7-8(2)3/h8H,6-7H2,1-5H3/b10-9-. The van der Waals surface area contributed by atoms with Gasteiger partial charge in [-0.05, 0) is 5.92 Å². The Hall–Kier alpha value is -0.530. The van der Waals surface area contributed by atoms with E-state index in [0.29, 0.717) is 5.92 Å². The molecule has 0 aromatic carbocycles. The SMILES string of the molecule is CC/C(=N/CC(C)C)N(C)C. The fourth-order valence-electron chi connectivity index (χ4n) is 0.857. The van der Waals surface area contributed by atoms with Gasteiger partial charge >= 0.3 is 0 Å². The first kappa shape index (κ1) is 10.5. The van der Waals surface area contributed by atoms with Gasteiger partial charge in [-0.1, -0.05) is 20.8 Å². The summed E-state index contributed by atoms with van der Waals surface area (Å²) in [5.41, 5.74) is 0. The molecule has 0 saturated carbocycles. The van der Waals surface area contributed by atoms with Gasteiger partial charge < -0.3 is 4.90 Å². The van der Waals surface area contributed by atoms with Crippen molar-refractivity contribution in [2.45, 2.75) is 27.2 Å². The molecule has 0 saturated heterocycles. The van der Waals surface area contributed by atoms with E-state index in [1.807, 2.05) is 14.1 Å². The predicted octanol–water partition coefficient (Wildman–Crippen LogP) is 2.01. The van der Waals surface area contributed by atoms with Crippen molar-refractivity contribution in [1.29, 1.82) is 0 Å². The Morgan fingerprint density at radius 3 is 2.18 bits per heavy atom. The van der Waals surface area contributed by atoms with Crippen LogP contribution in [0.4, 0.5) is 0 Å². The third-order valence-corrected chi connectivity index (χ3v) is 1.47. The normalized spacial score (nSPS) is 12.4. The highest BCUT2D eigenvalue weighted by atomic mass is 15.1. The number of hydrogen-bond donors (Lipinski definition) is 0. The van der Waals surface area contributed by atoms with E-state index in [2.05, 4.69) is 30.7 Å². The van der Waals surface area contributed by atoms with Crippen LogP contribution in [0.5, 0.6) is 0 Å². The van der Waals surface area contributed by atoms with Crippen LogP contribution in [0.3, 0.4) is 0 Å². The first-order valence-electron chi connectivity index (χ1n) is 4.28. The number of aliphatic imine (C=N–C) groups is 1. The van der Waals surface area contributed by atoms with Crippen molar-refractivity contribution in [1.82, 2.24) is 4.90 Å². The highest BCUT2D eigenvalue weighted by molar-refractivity contribution is 5.81. The minimum Gasteiger partial charge on any atom is -0.367 e. The highest BCUT2D eigenvalue weighted by Gasteiger charge is 1.97. The fraction of sp³-hybridized carbons (Fsp3) is 0.889. The first-order valence-corrected chi connectivity index (χ1v) is 4.28. The van der Waals surface area contributed by atoms with E-state index in [1.54, 1.807) is 0 Å². The van der Waals surface area contributed by atoms with E-state index in [4.69, 9.17) is 0 Å². The number of rotatable bonds is 3. The maximum absolute atomic E-state index is 4.48. The van der Waals surface area contributed by atoms with Crippen LogP contribution in [0, 0.1) is 5.92 Å². The van der Waals surface area contributed by atoms with Crippen molar-refractivity contribution < 1.29 is 0 Å². The van der Waals surface area contributed by atoms with Crippen molar-refractivity contribution in [3.05, 3.63) is 0 Å². The third-order valence-electron chi connectivity index (χ3n) is 1.47. The molecular weight excluding hydrogens is 136 g/mol. The van der Waals surface area contributed by atoms with E-state index in [9.17, 15) is 0 Å². The van der Waals surface area contributed by atoms with Crippen LogP contribution in [0.2, 0.25) is 0 Å². The van der Waals surface area contributed by atoms with Gasteiger partial charge in [-0.15, -0.1) is 0 Å². The Labute approximate surface area is 70.3 Å². The second-order valence-electron chi connectivity index (χ2n) is 3.40. The predicted molar refractivity (Wildman–Crippen MR) is 51.1 cm³/mol. The van der Waals surface area contributed by atoms with Crippen molar-refractivity contribution in [3.8, 4) is 0 Å². The lowest BCUT2D eigenvalue weighted by atomic mass is 10.2. The smallest absolute Gasteiger partial charge is 0.0981 e. The third kappa shape index (κ3) is 4.82. The molecule has 0 amide bonds. The lowest BCUT2D eigenvalue weighted by Crippen LogP contribution is -2.21. The van der Waals surface area contributed by atoms with Crippen LogP contribution in [0.15, 0.2) is 4.99 Å². The molecule has 0 fully saturated rings. The van der Waals surface area contributed by atoms with Gasteiger partial charge in [0.2, 0.25) is 0 Å². The molecule has 2 heteroatoms. The Balaban J connectivity index is 3.91. The Bertz CT molecular complexity index is 126. The lowest BCUT2D eigenvalue weighted by molar-refractivity contribution is 0.588. The molecule has 0 heterocycles. The summed E-state index contributed by atoms with van der Waals surface area (Å²) in [5, 5.41) is 0. The first-order chi connectivity index (χ1) is 5.07. The van der Waals surface area contributed by atoms with Gasteiger partial charge in [-0.3, -0.25) is 4.99 Å². The number of amidine groups is 1. The molecule has 0 radical (unpaired) electrons. The monoisotopic (exact) mass is 156 g/mol. The molecule has 0 aromatic heterocycles. The van der Waals surface area contributed by atoms with Gasteiger partial charge in [0.05, 0.1) is 5.84 Å². The van der Waals surface area contributed by atoms with Crippen molar-refractivity contribution in [2.24, 2.45) is 10.9 Å². The molecule has 2 nitrogen and oxygen atoms in total. The quantitative estimate of drug-likeness (QED) is 0.451. The van der Waals surface area contributed by atoms with Crippen molar-refractivity contribution >= 4 is 5.84 Å². The van der Waals surface area contributed by atoms with Gasteiger partial charge in [0.25, 0.3) is 0 Å². The van der Waals surface area contributed by atoms with E-state index in [-0.39, 0.29) is 0 Å². The van der Waals surface area contributed by atoms with Crippen LogP contribution in [-0.2, 0) is 0 Å². The molecular formula is C9H20N2. The molecule has 0 aliphatic rings. The molecule has 0 bridgehead atoms. The Morgan fingerprint density at radius 2 is 1.91 bits per heavy atom. The van der Waals surface area contributed by atoms with Gasteiger partial charge in [-0.2, -0.15) is 0 Å². The van der Waals surface area contributed by atoms with Gasteiger partial charge in [0.15, 0.2) is 0 Å². The van der Waals surface area contributed by atoms with E-state index < -0.39 is 0 Å². The summed E-state index contributed by atoms with van der Waals surface area (Å²) in [7, 11) is 4.09. The molecule has 0 atom stereocenters. The molecule has 66 valence electrons. The van der Waals surface area contributed by atoms with Crippen LogP contribution < -0.4 is 0 Å². The zero-order valence-electron chi connectivity index (χ0n) is 8.39. The van der Waals surface area contributed by atoms with Gasteiger partial charge in [-0.25, -0.2) is 0 Å². The zero-order valence-corrected chi connectivity index (χ0v) is 8.39. The Morgan fingerprint density at radius 1 is 1.36 bits per heavy atom. The average Bonchev–Trinajstić information content (AvgIpc) is 1.87. The molecule has 11 heavy (non-hydrogen) atoms. The summed E-state index contributed by atoms with van der Waals surface area (Å²) < 4.78 is 0. The second kappa shape index (κ2) is 5.16. The summed E-state index contributed by atoms with van der Waals surface area (Å²) >= 11 is 0. The van der Waals surface area contributed by atoms with Crippen LogP contribution in [-0.4, -0.2) is 31.4 Å². The summed E-state index contributed by atoms with van der Waals surface area (Å²) in [4.78, 5) is 6.57. The minimum atomic E-state index is 0.663. The summed E-state index contributed by atoms with van der Waals surface area (Å²) in [6.45, 7) is 7.46. The molecule has 0 rings (SSSR count). The number of nitrogens with zero attached hydrogens (tertiary/aromatic N) is 2. The topological polar surface area (TPSA) is 15.6 Å².